The van der Waals surface area contributed by atoms with E-state index in [0.717, 1.165) is 19.3 Å². The van der Waals surface area contributed by atoms with E-state index < -0.39 is 4.92 Å². The van der Waals surface area contributed by atoms with Gasteiger partial charge < -0.3 is 11.1 Å². The lowest BCUT2D eigenvalue weighted by Crippen LogP contribution is -2.40. The molecule has 6 heteroatoms. The minimum atomic E-state index is -0.446. The second kappa shape index (κ2) is 5.58. The van der Waals surface area contributed by atoms with Crippen molar-refractivity contribution in [2.75, 3.05) is 11.9 Å². The van der Waals surface area contributed by atoms with E-state index in [-0.39, 0.29) is 17.0 Å². The summed E-state index contributed by atoms with van der Waals surface area (Å²) in [6, 6.07) is 4.68. The maximum atomic E-state index is 12.1. The summed E-state index contributed by atoms with van der Waals surface area (Å²) in [5, 5.41) is 13.6. The Labute approximate surface area is 117 Å². The second-order valence-corrected chi connectivity index (χ2v) is 5.49. The molecule has 1 fully saturated rings. The van der Waals surface area contributed by atoms with Gasteiger partial charge in [0, 0.05) is 12.5 Å². The number of nitrogens with two attached hydrogens (primary N) is 1. The Bertz CT molecular complexity index is 533. The highest BCUT2D eigenvalue weighted by Gasteiger charge is 2.37. The van der Waals surface area contributed by atoms with Crippen LogP contribution in [0.2, 0.25) is 0 Å². The molecule has 0 aliphatic heterocycles. The molecule has 0 atom stereocenters. The summed E-state index contributed by atoms with van der Waals surface area (Å²) in [5.74, 6) is -0.126. The summed E-state index contributed by atoms with van der Waals surface area (Å²) in [6.07, 6.45) is 3.45. The second-order valence-electron chi connectivity index (χ2n) is 5.49. The van der Waals surface area contributed by atoms with E-state index in [9.17, 15) is 14.9 Å². The zero-order chi connectivity index (χ0) is 14.8. The van der Waals surface area contributed by atoms with Gasteiger partial charge in [0.15, 0.2) is 0 Å². The molecular formula is C14H19N3O3. The largest absolute Gasteiger partial charge is 0.330 e. The summed E-state index contributed by atoms with van der Waals surface area (Å²) < 4.78 is 0. The van der Waals surface area contributed by atoms with Crippen molar-refractivity contribution in [3.63, 3.8) is 0 Å². The molecule has 1 aromatic carbocycles. The van der Waals surface area contributed by atoms with Crippen LogP contribution in [0.25, 0.3) is 0 Å². The van der Waals surface area contributed by atoms with Crippen LogP contribution in [0.1, 0.15) is 31.2 Å². The quantitative estimate of drug-likeness (QED) is 0.637. The van der Waals surface area contributed by atoms with Crippen LogP contribution >= 0.6 is 0 Å². The molecule has 1 saturated carbocycles. The molecule has 0 aromatic heterocycles. The Morgan fingerprint density at radius 2 is 2.20 bits per heavy atom. The van der Waals surface area contributed by atoms with Crippen LogP contribution in [0.3, 0.4) is 0 Å². The number of nitrogens with zero attached hydrogens (tertiary/aromatic N) is 1. The molecule has 1 amide bonds. The van der Waals surface area contributed by atoms with Gasteiger partial charge >= 0.3 is 0 Å². The van der Waals surface area contributed by atoms with Gasteiger partial charge in [0.2, 0.25) is 5.91 Å². The van der Waals surface area contributed by atoms with E-state index in [0.29, 0.717) is 24.2 Å². The van der Waals surface area contributed by atoms with E-state index >= 15 is 0 Å². The molecular weight excluding hydrogens is 258 g/mol. The first-order chi connectivity index (χ1) is 9.47. The van der Waals surface area contributed by atoms with E-state index in [4.69, 9.17) is 5.73 Å². The molecule has 0 spiro atoms. The molecule has 108 valence electrons. The lowest BCUT2D eigenvalue weighted by atomic mass is 9.66. The van der Waals surface area contributed by atoms with Crippen molar-refractivity contribution in [2.45, 2.75) is 32.6 Å². The number of nitro groups is 1. The summed E-state index contributed by atoms with van der Waals surface area (Å²) in [4.78, 5) is 22.5. The van der Waals surface area contributed by atoms with Gasteiger partial charge in [-0.15, -0.1) is 0 Å². The molecule has 0 bridgehead atoms. The fourth-order valence-electron chi connectivity index (χ4n) is 2.62. The highest BCUT2D eigenvalue weighted by molar-refractivity contribution is 5.92. The van der Waals surface area contributed by atoms with Gasteiger partial charge in [-0.3, -0.25) is 14.9 Å². The van der Waals surface area contributed by atoms with Crippen molar-refractivity contribution in [1.29, 1.82) is 0 Å². The molecule has 3 N–H and O–H groups in total. The maximum absolute atomic E-state index is 12.1. The highest BCUT2D eigenvalue weighted by Crippen LogP contribution is 2.43. The zero-order valence-electron chi connectivity index (χ0n) is 11.5. The smallest absolute Gasteiger partial charge is 0.274 e. The standard InChI is InChI=1S/C14H19N3O3/c1-10-11(4-2-5-12(10)17(19)20)16-13(18)8-14(9-15)6-3-7-14/h2,4-5H,3,6-9,15H2,1H3,(H,16,18). The van der Waals surface area contributed by atoms with Crippen molar-refractivity contribution >= 4 is 17.3 Å². The molecule has 1 aliphatic carbocycles. The van der Waals surface area contributed by atoms with Gasteiger partial charge in [-0.05, 0) is 37.8 Å². The number of carbonyl (C=O) groups is 1. The number of benzene rings is 1. The third kappa shape index (κ3) is 2.80. The topological polar surface area (TPSA) is 98.3 Å². The number of nitrogens with one attached hydrogen (secondary N) is 1. The number of amides is 1. The average molecular weight is 277 g/mol. The van der Waals surface area contributed by atoms with E-state index in [2.05, 4.69) is 5.32 Å². The SMILES string of the molecule is Cc1c(NC(=O)CC2(CN)CCC2)cccc1[N+](=O)[O-]. The lowest BCUT2D eigenvalue weighted by Gasteiger charge is -2.40. The van der Waals surface area contributed by atoms with Crippen LogP contribution in [0.15, 0.2) is 18.2 Å². The molecule has 6 nitrogen and oxygen atoms in total. The van der Waals surface area contributed by atoms with Gasteiger partial charge in [-0.25, -0.2) is 0 Å². The Hall–Kier alpha value is -1.95. The first-order valence-corrected chi connectivity index (χ1v) is 6.71. The molecule has 0 radical (unpaired) electrons. The normalized spacial score (nSPS) is 16.3. The molecule has 1 aromatic rings. The first-order valence-electron chi connectivity index (χ1n) is 6.71. The number of carbonyl (C=O) groups excluding carboxylic acids is 1. The molecule has 1 aliphatic rings. The number of anilines is 1. The van der Waals surface area contributed by atoms with Crippen molar-refractivity contribution in [2.24, 2.45) is 11.1 Å². The Morgan fingerprint density at radius 3 is 2.70 bits per heavy atom. The third-order valence-corrected chi connectivity index (χ3v) is 4.16. The molecule has 0 saturated heterocycles. The molecule has 0 heterocycles. The first kappa shape index (κ1) is 14.5. The predicted octanol–water partition coefficient (Wildman–Crippen LogP) is 2.36. The Balaban J connectivity index is 2.08. The minimum absolute atomic E-state index is 0.0139. The Kier molecular flexibility index (Phi) is 4.04. The van der Waals surface area contributed by atoms with Gasteiger partial charge in [-0.2, -0.15) is 0 Å². The van der Waals surface area contributed by atoms with Crippen LogP contribution in [0.5, 0.6) is 0 Å². The summed E-state index contributed by atoms with van der Waals surface area (Å²) in [5.41, 5.74) is 6.65. The monoisotopic (exact) mass is 277 g/mol. The number of rotatable bonds is 5. The Morgan fingerprint density at radius 1 is 1.50 bits per heavy atom. The zero-order valence-corrected chi connectivity index (χ0v) is 11.5. The molecule has 20 heavy (non-hydrogen) atoms. The average Bonchev–Trinajstić information content (AvgIpc) is 2.36. The van der Waals surface area contributed by atoms with Crippen molar-refractivity contribution < 1.29 is 9.72 Å². The number of nitro benzene ring substituents is 1. The van der Waals surface area contributed by atoms with Crippen LogP contribution in [0.4, 0.5) is 11.4 Å². The maximum Gasteiger partial charge on any atom is 0.274 e. The van der Waals surface area contributed by atoms with Crippen LogP contribution in [0, 0.1) is 22.5 Å². The summed E-state index contributed by atoms with van der Waals surface area (Å²) >= 11 is 0. The fourth-order valence-corrected chi connectivity index (χ4v) is 2.62. The summed E-state index contributed by atoms with van der Waals surface area (Å²) in [6.45, 7) is 2.14. The highest BCUT2D eigenvalue weighted by atomic mass is 16.6. The van der Waals surface area contributed by atoms with E-state index in [1.807, 2.05) is 0 Å². The van der Waals surface area contributed by atoms with Crippen molar-refractivity contribution in [3.8, 4) is 0 Å². The predicted molar refractivity (Wildman–Crippen MR) is 76.4 cm³/mol. The van der Waals surface area contributed by atoms with Gasteiger partial charge in [0.1, 0.15) is 0 Å². The van der Waals surface area contributed by atoms with Gasteiger partial charge in [-0.1, -0.05) is 12.5 Å². The van der Waals surface area contributed by atoms with Crippen LogP contribution < -0.4 is 11.1 Å². The minimum Gasteiger partial charge on any atom is -0.330 e. The number of hydrogen-bond donors (Lipinski definition) is 2. The third-order valence-electron chi connectivity index (χ3n) is 4.16. The summed E-state index contributed by atoms with van der Waals surface area (Å²) in [7, 11) is 0. The van der Waals surface area contributed by atoms with Crippen LogP contribution in [-0.2, 0) is 4.79 Å². The van der Waals surface area contributed by atoms with Crippen molar-refractivity contribution in [3.05, 3.63) is 33.9 Å². The van der Waals surface area contributed by atoms with E-state index in [1.54, 1.807) is 19.1 Å². The van der Waals surface area contributed by atoms with Gasteiger partial charge in [0.25, 0.3) is 5.69 Å². The van der Waals surface area contributed by atoms with Crippen molar-refractivity contribution in [1.82, 2.24) is 0 Å². The lowest BCUT2D eigenvalue weighted by molar-refractivity contribution is -0.385. The number of hydrogen-bond acceptors (Lipinski definition) is 4. The van der Waals surface area contributed by atoms with E-state index in [1.165, 1.54) is 6.07 Å². The van der Waals surface area contributed by atoms with Crippen LogP contribution in [-0.4, -0.2) is 17.4 Å². The molecule has 2 rings (SSSR count). The molecule has 0 unspecified atom stereocenters. The van der Waals surface area contributed by atoms with Gasteiger partial charge in [0.05, 0.1) is 16.2 Å². The fraction of sp³-hybridized carbons (Fsp3) is 0.500.